The van der Waals surface area contributed by atoms with Gasteiger partial charge in [0.25, 0.3) is 0 Å². The quantitative estimate of drug-likeness (QED) is 0.853. The number of hydrogen-bond donors (Lipinski definition) is 1. The van der Waals surface area contributed by atoms with E-state index in [0.717, 1.165) is 0 Å². The number of rotatable bonds is 3. The van der Waals surface area contributed by atoms with Gasteiger partial charge >= 0.3 is 5.97 Å². The van der Waals surface area contributed by atoms with Crippen LogP contribution in [0, 0.1) is 0 Å². The van der Waals surface area contributed by atoms with Gasteiger partial charge in [-0.2, -0.15) is 0 Å². The molecule has 0 aliphatic carbocycles. The van der Waals surface area contributed by atoms with E-state index in [4.69, 9.17) is 26.2 Å². The maximum absolute atomic E-state index is 10.6. The van der Waals surface area contributed by atoms with E-state index in [1.807, 2.05) is 0 Å². The zero-order valence-corrected chi connectivity index (χ0v) is 8.48. The Kier molecular flexibility index (Phi) is 2.79. The minimum absolute atomic E-state index is 0.280. The lowest BCUT2D eigenvalue weighted by molar-refractivity contribution is -0.188. The minimum Gasteiger partial charge on any atom is -0.483 e. The number of halogens is 1. The number of carboxylic acid groups (broad SMARTS) is 1. The summed E-state index contributed by atoms with van der Waals surface area (Å²) in [4.78, 5) is 10.6. The summed E-state index contributed by atoms with van der Waals surface area (Å²) in [6.45, 7) is 0.280. The van der Waals surface area contributed by atoms with Gasteiger partial charge < -0.3 is 14.6 Å². The van der Waals surface area contributed by atoms with Crippen molar-refractivity contribution in [2.75, 3.05) is 6.61 Å². The average Bonchev–Trinajstić information content (AvgIpc) is 2.13. The molecule has 1 aliphatic heterocycles. The lowest BCUT2D eigenvalue weighted by atomic mass is 10.1. The summed E-state index contributed by atoms with van der Waals surface area (Å²) in [5.74, 6) is -0.531. The summed E-state index contributed by atoms with van der Waals surface area (Å²) in [6, 6.07) is 6.93. The van der Waals surface area contributed by atoms with E-state index in [2.05, 4.69) is 0 Å². The summed E-state index contributed by atoms with van der Waals surface area (Å²) < 4.78 is 10.3. The molecule has 1 aromatic rings. The topological polar surface area (TPSA) is 55.8 Å². The van der Waals surface area contributed by atoms with Crippen LogP contribution >= 0.6 is 11.6 Å². The molecule has 0 amide bonds. The maximum Gasteiger partial charge on any atom is 0.336 e. The largest absolute Gasteiger partial charge is 0.483 e. The molecule has 0 spiro atoms. The lowest BCUT2D eigenvalue weighted by Crippen LogP contribution is -2.53. The molecule has 2 atom stereocenters. The fraction of sp³-hybridized carbons (Fsp3) is 0.300. The number of benzene rings is 1. The number of aliphatic carboxylic acids is 1. The summed E-state index contributed by atoms with van der Waals surface area (Å²) in [5.41, 5.74) is 0. The Labute approximate surface area is 91.4 Å². The molecular weight excluding hydrogens is 220 g/mol. The van der Waals surface area contributed by atoms with Crippen molar-refractivity contribution < 1.29 is 19.4 Å². The van der Waals surface area contributed by atoms with Crippen LogP contribution in [0.1, 0.15) is 0 Å². The molecule has 15 heavy (non-hydrogen) atoms. The second-order valence-electron chi connectivity index (χ2n) is 3.18. The van der Waals surface area contributed by atoms with Gasteiger partial charge in [-0.3, -0.25) is 0 Å². The summed E-state index contributed by atoms with van der Waals surface area (Å²) in [6.07, 6.45) is -1.34. The Morgan fingerprint density at radius 1 is 1.53 bits per heavy atom. The van der Waals surface area contributed by atoms with E-state index in [1.54, 1.807) is 24.3 Å². The Bertz CT molecular complexity index is 379. The summed E-state index contributed by atoms with van der Waals surface area (Å²) in [5, 5.41) is 9.18. The van der Waals surface area contributed by atoms with E-state index in [1.165, 1.54) is 0 Å². The molecule has 2 rings (SSSR count). The van der Waals surface area contributed by atoms with Crippen LogP contribution in [0.15, 0.2) is 24.3 Å². The lowest BCUT2D eigenvalue weighted by Gasteiger charge is -2.33. The average molecular weight is 229 g/mol. The van der Waals surface area contributed by atoms with Crippen molar-refractivity contribution >= 4 is 17.6 Å². The first-order valence-corrected chi connectivity index (χ1v) is 4.82. The standard InChI is InChI=1S/C10H9ClO4/c11-6-3-1-2-4-7(6)15-8-5-14-9(8)10(12)13/h1-4,8-9H,5H2,(H,12,13). The minimum atomic E-state index is -1.02. The van der Waals surface area contributed by atoms with Gasteiger partial charge in [0.1, 0.15) is 5.75 Å². The highest BCUT2D eigenvalue weighted by atomic mass is 35.5. The first-order valence-electron chi connectivity index (χ1n) is 4.44. The van der Waals surface area contributed by atoms with Crippen molar-refractivity contribution in [2.24, 2.45) is 0 Å². The highest BCUT2D eigenvalue weighted by molar-refractivity contribution is 6.32. The SMILES string of the molecule is O=C(O)C1OCC1Oc1ccccc1Cl. The third-order valence-corrected chi connectivity index (χ3v) is 2.45. The molecular formula is C10H9ClO4. The molecule has 1 heterocycles. The second kappa shape index (κ2) is 4.08. The van der Waals surface area contributed by atoms with E-state index in [0.29, 0.717) is 10.8 Å². The number of hydrogen-bond acceptors (Lipinski definition) is 3. The third-order valence-electron chi connectivity index (χ3n) is 2.14. The molecule has 0 aromatic heterocycles. The molecule has 2 unspecified atom stereocenters. The Morgan fingerprint density at radius 2 is 2.27 bits per heavy atom. The van der Waals surface area contributed by atoms with Gasteiger partial charge in [0.2, 0.25) is 0 Å². The predicted octanol–water partition coefficient (Wildman–Crippen LogP) is 1.57. The van der Waals surface area contributed by atoms with Gasteiger partial charge in [0, 0.05) is 0 Å². The molecule has 80 valence electrons. The van der Waals surface area contributed by atoms with Gasteiger partial charge in [-0.15, -0.1) is 0 Å². The number of ether oxygens (including phenoxy) is 2. The van der Waals surface area contributed by atoms with Crippen LogP contribution in [0.25, 0.3) is 0 Å². The number of para-hydroxylation sites is 1. The first-order chi connectivity index (χ1) is 7.18. The van der Waals surface area contributed by atoms with Crippen molar-refractivity contribution in [3.05, 3.63) is 29.3 Å². The number of carboxylic acids is 1. The van der Waals surface area contributed by atoms with E-state index in [-0.39, 0.29) is 6.61 Å². The van der Waals surface area contributed by atoms with Gasteiger partial charge in [-0.05, 0) is 12.1 Å². The predicted molar refractivity (Wildman–Crippen MR) is 53.2 cm³/mol. The second-order valence-corrected chi connectivity index (χ2v) is 3.59. The molecule has 0 bridgehead atoms. The van der Waals surface area contributed by atoms with Crippen LogP contribution in [0.5, 0.6) is 5.75 Å². The molecule has 1 aliphatic rings. The van der Waals surface area contributed by atoms with E-state index >= 15 is 0 Å². The summed E-state index contributed by atoms with van der Waals surface area (Å²) in [7, 11) is 0. The molecule has 0 radical (unpaired) electrons. The number of carbonyl (C=O) groups is 1. The monoisotopic (exact) mass is 228 g/mol. The maximum atomic E-state index is 10.6. The van der Waals surface area contributed by atoms with Crippen molar-refractivity contribution in [1.82, 2.24) is 0 Å². The first kappa shape index (κ1) is 10.3. The van der Waals surface area contributed by atoms with Crippen molar-refractivity contribution in [1.29, 1.82) is 0 Å². The molecule has 4 nitrogen and oxygen atoms in total. The zero-order chi connectivity index (χ0) is 10.8. The van der Waals surface area contributed by atoms with E-state index < -0.39 is 18.2 Å². The van der Waals surface area contributed by atoms with Crippen LogP contribution in [0.3, 0.4) is 0 Å². The van der Waals surface area contributed by atoms with Crippen molar-refractivity contribution in [2.45, 2.75) is 12.2 Å². The Hall–Kier alpha value is -1.26. The van der Waals surface area contributed by atoms with Crippen LogP contribution in [0.4, 0.5) is 0 Å². The molecule has 1 N–H and O–H groups in total. The van der Waals surface area contributed by atoms with Gasteiger partial charge in [0.05, 0.1) is 11.6 Å². The molecule has 5 heteroatoms. The van der Waals surface area contributed by atoms with Crippen molar-refractivity contribution in [3.63, 3.8) is 0 Å². The summed E-state index contributed by atoms with van der Waals surface area (Å²) >= 11 is 5.86. The fourth-order valence-corrected chi connectivity index (χ4v) is 1.48. The molecule has 1 saturated heterocycles. The van der Waals surface area contributed by atoms with Crippen molar-refractivity contribution in [3.8, 4) is 5.75 Å². The van der Waals surface area contributed by atoms with Gasteiger partial charge in [-0.25, -0.2) is 4.79 Å². The smallest absolute Gasteiger partial charge is 0.336 e. The molecule has 1 aromatic carbocycles. The molecule has 1 fully saturated rings. The zero-order valence-electron chi connectivity index (χ0n) is 7.72. The third kappa shape index (κ3) is 2.06. The van der Waals surface area contributed by atoms with Crippen LogP contribution in [-0.2, 0) is 9.53 Å². The Morgan fingerprint density at radius 3 is 2.80 bits per heavy atom. The van der Waals surface area contributed by atoms with Crippen LogP contribution in [-0.4, -0.2) is 29.9 Å². The van der Waals surface area contributed by atoms with E-state index in [9.17, 15) is 4.79 Å². The highest BCUT2D eigenvalue weighted by Crippen LogP contribution is 2.27. The molecule has 0 saturated carbocycles. The van der Waals surface area contributed by atoms with Crippen LogP contribution in [0.2, 0.25) is 5.02 Å². The highest BCUT2D eigenvalue weighted by Gasteiger charge is 2.40. The fourth-order valence-electron chi connectivity index (χ4n) is 1.30. The Balaban J connectivity index is 2.04. The van der Waals surface area contributed by atoms with Crippen LogP contribution < -0.4 is 4.74 Å². The normalized spacial score (nSPS) is 24.3. The van der Waals surface area contributed by atoms with Gasteiger partial charge in [-0.1, -0.05) is 23.7 Å². The van der Waals surface area contributed by atoms with Gasteiger partial charge in [0.15, 0.2) is 12.2 Å².